The van der Waals surface area contributed by atoms with Crippen molar-refractivity contribution in [3.05, 3.63) is 29.3 Å². The fraction of sp³-hybridized carbons (Fsp3) is 0.467. The van der Waals surface area contributed by atoms with E-state index in [1.807, 2.05) is 4.90 Å². The third-order valence-electron chi connectivity index (χ3n) is 3.57. The summed E-state index contributed by atoms with van der Waals surface area (Å²) in [6.45, 7) is 1.37. The molecule has 1 atom stereocenters. The van der Waals surface area contributed by atoms with E-state index in [0.717, 1.165) is 19.4 Å². The van der Waals surface area contributed by atoms with Crippen molar-refractivity contribution in [3.8, 4) is 0 Å². The number of rotatable bonds is 5. The first kappa shape index (κ1) is 15.8. The Morgan fingerprint density at radius 1 is 1.48 bits per heavy atom. The summed E-state index contributed by atoms with van der Waals surface area (Å²) in [6, 6.07) is 6.81. The third kappa shape index (κ3) is 4.44. The average molecular weight is 311 g/mol. The molecule has 1 saturated heterocycles. The van der Waals surface area contributed by atoms with Gasteiger partial charge in [0.1, 0.15) is 6.04 Å². The van der Waals surface area contributed by atoms with Gasteiger partial charge in [-0.05, 0) is 37.6 Å². The van der Waals surface area contributed by atoms with Gasteiger partial charge in [0, 0.05) is 23.7 Å². The molecule has 1 aromatic carbocycles. The van der Waals surface area contributed by atoms with Crippen LogP contribution in [0.25, 0.3) is 0 Å². The number of ether oxygens (including phenoxy) is 1. The predicted molar refractivity (Wildman–Crippen MR) is 81.3 cm³/mol. The summed E-state index contributed by atoms with van der Waals surface area (Å²) in [7, 11) is 1.39. The van der Waals surface area contributed by atoms with E-state index < -0.39 is 0 Å². The van der Waals surface area contributed by atoms with E-state index >= 15 is 0 Å². The van der Waals surface area contributed by atoms with Crippen molar-refractivity contribution in [2.45, 2.75) is 25.3 Å². The van der Waals surface area contributed by atoms with E-state index in [1.165, 1.54) is 7.11 Å². The third-order valence-corrected chi connectivity index (χ3v) is 3.81. The van der Waals surface area contributed by atoms with Gasteiger partial charge < -0.3 is 10.1 Å². The topological polar surface area (TPSA) is 58.6 Å². The monoisotopic (exact) mass is 310 g/mol. The summed E-state index contributed by atoms with van der Waals surface area (Å²) >= 11 is 5.87. The van der Waals surface area contributed by atoms with Crippen LogP contribution in [0.2, 0.25) is 5.02 Å². The minimum Gasteiger partial charge on any atom is -0.468 e. The van der Waals surface area contributed by atoms with Gasteiger partial charge in [-0.15, -0.1) is 0 Å². The molecule has 21 heavy (non-hydrogen) atoms. The fourth-order valence-electron chi connectivity index (χ4n) is 2.53. The highest BCUT2D eigenvalue weighted by atomic mass is 35.5. The van der Waals surface area contributed by atoms with Crippen molar-refractivity contribution < 1.29 is 14.3 Å². The number of anilines is 1. The van der Waals surface area contributed by atoms with Crippen molar-refractivity contribution in [2.75, 3.05) is 25.5 Å². The SMILES string of the molecule is COC(=O)C1CCCN1CCC(=O)Nc1cccc(Cl)c1. The van der Waals surface area contributed by atoms with Crippen LogP contribution in [-0.4, -0.2) is 43.0 Å². The zero-order valence-corrected chi connectivity index (χ0v) is 12.7. The summed E-state index contributed by atoms with van der Waals surface area (Å²) in [4.78, 5) is 25.6. The molecular formula is C15H19ClN2O3. The maximum absolute atomic E-state index is 11.9. The Hall–Kier alpha value is -1.59. The van der Waals surface area contributed by atoms with Crippen LogP contribution >= 0.6 is 11.6 Å². The van der Waals surface area contributed by atoms with Crippen LogP contribution in [0.4, 0.5) is 5.69 Å². The zero-order chi connectivity index (χ0) is 15.2. The molecule has 1 amide bonds. The van der Waals surface area contributed by atoms with E-state index in [-0.39, 0.29) is 17.9 Å². The van der Waals surface area contributed by atoms with Gasteiger partial charge in [-0.1, -0.05) is 17.7 Å². The van der Waals surface area contributed by atoms with Crippen molar-refractivity contribution in [1.82, 2.24) is 4.90 Å². The zero-order valence-electron chi connectivity index (χ0n) is 12.0. The second kappa shape index (κ2) is 7.43. The molecule has 1 aliphatic heterocycles. The smallest absolute Gasteiger partial charge is 0.323 e. The summed E-state index contributed by atoms with van der Waals surface area (Å²) in [5.74, 6) is -0.310. The lowest BCUT2D eigenvalue weighted by atomic mass is 10.2. The molecule has 1 aromatic rings. The first-order valence-electron chi connectivity index (χ1n) is 6.97. The highest BCUT2D eigenvalue weighted by Crippen LogP contribution is 2.19. The number of methoxy groups -OCH3 is 1. The highest BCUT2D eigenvalue weighted by Gasteiger charge is 2.31. The van der Waals surface area contributed by atoms with Crippen LogP contribution in [-0.2, 0) is 14.3 Å². The van der Waals surface area contributed by atoms with Crippen LogP contribution in [0, 0.1) is 0 Å². The number of hydrogen-bond donors (Lipinski definition) is 1. The number of esters is 1. The van der Waals surface area contributed by atoms with Crippen LogP contribution < -0.4 is 5.32 Å². The molecule has 0 radical (unpaired) electrons. The molecule has 0 aromatic heterocycles. The Bertz CT molecular complexity index is 521. The summed E-state index contributed by atoms with van der Waals surface area (Å²) < 4.78 is 4.78. The first-order valence-corrected chi connectivity index (χ1v) is 7.35. The van der Waals surface area contributed by atoms with Gasteiger partial charge in [0.25, 0.3) is 0 Å². The predicted octanol–water partition coefficient (Wildman–Crippen LogP) is 2.31. The minimum atomic E-state index is -0.220. The second-order valence-electron chi connectivity index (χ2n) is 5.03. The molecule has 0 spiro atoms. The molecule has 1 fully saturated rings. The fourth-order valence-corrected chi connectivity index (χ4v) is 2.72. The molecule has 0 bridgehead atoms. The standard InChI is InChI=1S/C15H19ClN2O3/c1-21-15(20)13-6-3-8-18(13)9-7-14(19)17-12-5-2-4-11(16)10-12/h2,4-5,10,13H,3,6-9H2,1H3,(H,17,19). The van der Waals surface area contributed by atoms with Crippen molar-refractivity contribution in [3.63, 3.8) is 0 Å². The van der Waals surface area contributed by atoms with E-state index in [0.29, 0.717) is 23.7 Å². The molecule has 114 valence electrons. The number of hydrogen-bond acceptors (Lipinski definition) is 4. The number of likely N-dealkylation sites (tertiary alicyclic amines) is 1. The van der Waals surface area contributed by atoms with E-state index in [2.05, 4.69) is 5.32 Å². The van der Waals surface area contributed by atoms with Crippen molar-refractivity contribution in [1.29, 1.82) is 0 Å². The Morgan fingerprint density at radius 3 is 3.00 bits per heavy atom. The van der Waals surface area contributed by atoms with Crippen molar-refractivity contribution >= 4 is 29.2 Å². The van der Waals surface area contributed by atoms with Gasteiger partial charge >= 0.3 is 5.97 Å². The van der Waals surface area contributed by atoms with Crippen LogP contribution in [0.3, 0.4) is 0 Å². The van der Waals surface area contributed by atoms with Crippen LogP contribution in [0.15, 0.2) is 24.3 Å². The Balaban J connectivity index is 1.82. The molecule has 1 heterocycles. The van der Waals surface area contributed by atoms with Gasteiger partial charge in [0.2, 0.25) is 5.91 Å². The quantitative estimate of drug-likeness (QED) is 0.848. The summed E-state index contributed by atoms with van der Waals surface area (Å²) in [5, 5.41) is 3.38. The molecule has 1 aliphatic rings. The average Bonchev–Trinajstić information content (AvgIpc) is 2.92. The minimum absolute atomic E-state index is 0.0900. The Morgan fingerprint density at radius 2 is 2.29 bits per heavy atom. The lowest BCUT2D eigenvalue weighted by molar-refractivity contribution is -0.146. The molecule has 1 N–H and O–H groups in total. The molecular weight excluding hydrogens is 292 g/mol. The molecule has 2 rings (SSSR count). The number of amides is 1. The van der Waals surface area contributed by atoms with Crippen LogP contribution in [0.1, 0.15) is 19.3 Å². The number of halogens is 1. The van der Waals surface area contributed by atoms with Gasteiger partial charge in [0.15, 0.2) is 0 Å². The number of carbonyl (C=O) groups excluding carboxylic acids is 2. The number of carbonyl (C=O) groups is 2. The van der Waals surface area contributed by atoms with Gasteiger partial charge in [-0.2, -0.15) is 0 Å². The largest absolute Gasteiger partial charge is 0.468 e. The lowest BCUT2D eigenvalue weighted by Gasteiger charge is -2.21. The molecule has 0 aliphatic carbocycles. The molecule has 5 nitrogen and oxygen atoms in total. The molecule has 0 saturated carbocycles. The lowest BCUT2D eigenvalue weighted by Crippen LogP contribution is -2.38. The second-order valence-corrected chi connectivity index (χ2v) is 5.46. The Labute approximate surface area is 129 Å². The van der Waals surface area contributed by atoms with E-state index in [9.17, 15) is 9.59 Å². The maximum Gasteiger partial charge on any atom is 0.323 e. The number of nitrogens with zero attached hydrogens (tertiary/aromatic N) is 1. The van der Waals surface area contributed by atoms with Crippen LogP contribution in [0.5, 0.6) is 0 Å². The summed E-state index contributed by atoms with van der Waals surface area (Å²) in [6.07, 6.45) is 2.08. The highest BCUT2D eigenvalue weighted by molar-refractivity contribution is 6.30. The van der Waals surface area contributed by atoms with E-state index in [4.69, 9.17) is 16.3 Å². The Kier molecular flexibility index (Phi) is 5.59. The molecule has 1 unspecified atom stereocenters. The normalized spacial score (nSPS) is 18.5. The summed E-state index contributed by atoms with van der Waals surface area (Å²) in [5.41, 5.74) is 0.679. The van der Waals surface area contributed by atoms with Gasteiger partial charge in [0.05, 0.1) is 7.11 Å². The van der Waals surface area contributed by atoms with Crippen molar-refractivity contribution in [2.24, 2.45) is 0 Å². The van der Waals surface area contributed by atoms with Gasteiger partial charge in [-0.25, -0.2) is 0 Å². The number of benzene rings is 1. The maximum atomic E-state index is 11.9. The van der Waals surface area contributed by atoms with E-state index in [1.54, 1.807) is 24.3 Å². The van der Waals surface area contributed by atoms with Gasteiger partial charge in [-0.3, -0.25) is 14.5 Å². The number of nitrogens with one attached hydrogen (secondary N) is 1. The first-order chi connectivity index (χ1) is 10.1. The molecule has 6 heteroatoms.